The van der Waals surface area contributed by atoms with Crippen molar-refractivity contribution in [1.82, 2.24) is 4.90 Å². The normalized spacial score (nSPS) is 21.9. The van der Waals surface area contributed by atoms with Crippen molar-refractivity contribution in [3.05, 3.63) is 22.9 Å². The Kier molecular flexibility index (Phi) is 3.15. The largest absolute Gasteiger partial charge is 0.375 e. The fourth-order valence-electron chi connectivity index (χ4n) is 2.27. The van der Waals surface area contributed by atoms with Crippen LogP contribution < -0.4 is 0 Å². The molecule has 84 valence electrons. The quantitative estimate of drug-likeness (QED) is 0.690. The number of ether oxygens (including phenoxy) is 1. The van der Waals surface area contributed by atoms with Crippen LogP contribution in [0.15, 0.2) is 22.9 Å². The molecule has 2 aliphatic heterocycles. The molecule has 2 nitrogen and oxygen atoms in total. The summed E-state index contributed by atoms with van der Waals surface area (Å²) in [6, 6.07) is 0. The third-order valence-corrected chi connectivity index (χ3v) is 3.36. The van der Waals surface area contributed by atoms with Gasteiger partial charge in [-0.25, -0.2) is 0 Å². The van der Waals surface area contributed by atoms with E-state index in [1.54, 1.807) is 5.57 Å². The van der Waals surface area contributed by atoms with Crippen molar-refractivity contribution in [1.29, 1.82) is 0 Å². The molecule has 0 aliphatic carbocycles. The van der Waals surface area contributed by atoms with E-state index in [-0.39, 0.29) is 0 Å². The van der Waals surface area contributed by atoms with E-state index < -0.39 is 0 Å². The molecule has 2 aliphatic rings. The van der Waals surface area contributed by atoms with Gasteiger partial charge in [-0.05, 0) is 30.4 Å². The van der Waals surface area contributed by atoms with Gasteiger partial charge in [0.05, 0.1) is 13.2 Å². The summed E-state index contributed by atoms with van der Waals surface area (Å²) in [7, 11) is 0. The Labute approximate surface area is 92.6 Å². The summed E-state index contributed by atoms with van der Waals surface area (Å²) in [4.78, 5) is 2.46. The minimum absolute atomic E-state index is 0.663. The maximum absolute atomic E-state index is 5.54. The molecule has 15 heavy (non-hydrogen) atoms. The van der Waals surface area contributed by atoms with Crippen LogP contribution in [0, 0.1) is 5.92 Å². The van der Waals surface area contributed by atoms with Crippen LogP contribution in [-0.4, -0.2) is 31.2 Å². The van der Waals surface area contributed by atoms with Crippen molar-refractivity contribution < 1.29 is 4.74 Å². The van der Waals surface area contributed by atoms with Gasteiger partial charge in [-0.3, -0.25) is 0 Å². The second kappa shape index (κ2) is 4.40. The molecule has 0 aromatic heterocycles. The van der Waals surface area contributed by atoms with Crippen molar-refractivity contribution in [3.63, 3.8) is 0 Å². The second-order valence-corrected chi connectivity index (χ2v) is 4.66. The first kappa shape index (κ1) is 10.7. The van der Waals surface area contributed by atoms with E-state index in [9.17, 15) is 0 Å². The third kappa shape index (κ3) is 2.10. The summed E-state index contributed by atoms with van der Waals surface area (Å²) in [5.74, 6) is 0.663. The summed E-state index contributed by atoms with van der Waals surface area (Å²) < 4.78 is 5.54. The van der Waals surface area contributed by atoms with E-state index in [0.29, 0.717) is 5.92 Å². The maximum atomic E-state index is 5.54. The molecule has 0 spiro atoms. The summed E-state index contributed by atoms with van der Waals surface area (Å²) >= 11 is 0. The molecule has 0 aromatic rings. The molecule has 0 radical (unpaired) electrons. The van der Waals surface area contributed by atoms with Gasteiger partial charge in [0.15, 0.2) is 0 Å². The molecular weight excluding hydrogens is 186 g/mol. The van der Waals surface area contributed by atoms with Gasteiger partial charge in [-0.1, -0.05) is 19.9 Å². The highest BCUT2D eigenvalue weighted by Crippen LogP contribution is 2.29. The Balaban J connectivity index is 2.28. The number of allylic oxidation sites excluding steroid dienone is 1. The molecule has 0 unspecified atom stereocenters. The maximum Gasteiger partial charge on any atom is 0.0867 e. The van der Waals surface area contributed by atoms with Crippen LogP contribution in [-0.2, 0) is 4.74 Å². The lowest BCUT2D eigenvalue weighted by atomic mass is 9.93. The molecule has 2 heteroatoms. The van der Waals surface area contributed by atoms with E-state index in [2.05, 4.69) is 31.7 Å². The zero-order chi connectivity index (χ0) is 10.8. The molecule has 2 heterocycles. The lowest BCUT2D eigenvalue weighted by molar-refractivity contribution is 0.120. The van der Waals surface area contributed by atoms with E-state index in [1.165, 1.54) is 11.3 Å². The van der Waals surface area contributed by atoms with Crippen LogP contribution in [0.5, 0.6) is 0 Å². The fraction of sp³-hybridized carbons (Fsp3) is 0.692. The van der Waals surface area contributed by atoms with Gasteiger partial charge in [0.2, 0.25) is 0 Å². The smallest absolute Gasteiger partial charge is 0.0867 e. The molecule has 0 amide bonds. The van der Waals surface area contributed by atoms with Crippen LogP contribution in [0.4, 0.5) is 0 Å². The van der Waals surface area contributed by atoms with Crippen molar-refractivity contribution in [3.8, 4) is 0 Å². The highest BCUT2D eigenvalue weighted by Gasteiger charge is 2.23. The van der Waals surface area contributed by atoms with Gasteiger partial charge in [0.1, 0.15) is 0 Å². The van der Waals surface area contributed by atoms with E-state index >= 15 is 0 Å². The van der Waals surface area contributed by atoms with E-state index in [1.807, 2.05) is 0 Å². The first-order valence-corrected chi connectivity index (χ1v) is 5.97. The molecule has 0 saturated heterocycles. The minimum Gasteiger partial charge on any atom is -0.375 e. The summed E-state index contributed by atoms with van der Waals surface area (Å²) in [5.41, 5.74) is 4.50. The van der Waals surface area contributed by atoms with E-state index in [0.717, 1.165) is 32.7 Å². The fourth-order valence-corrected chi connectivity index (χ4v) is 2.27. The van der Waals surface area contributed by atoms with Crippen LogP contribution in [0.2, 0.25) is 0 Å². The highest BCUT2D eigenvalue weighted by atomic mass is 16.5. The first-order valence-electron chi connectivity index (χ1n) is 5.97. The lowest BCUT2D eigenvalue weighted by Gasteiger charge is -2.36. The van der Waals surface area contributed by atoms with Gasteiger partial charge in [0.25, 0.3) is 0 Å². The lowest BCUT2D eigenvalue weighted by Crippen LogP contribution is -2.34. The average molecular weight is 207 g/mol. The topological polar surface area (TPSA) is 12.5 Å². The standard InChI is InChI=1S/C13H21NO/c1-4-14-8-12(10(2)3)7-11-5-6-15-9-13(11)14/h7,10H,4-6,8-9H2,1-3H3. The predicted octanol–water partition coefficient (Wildman–Crippen LogP) is 2.58. The molecule has 2 rings (SSSR count). The molecule has 0 aromatic carbocycles. The van der Waals surface area contributed by atoms with Crippen molar-refractivity contribution in [2.45, 2.75) is 27.2 Å². The van der Waals surface area contributed by atoms with Gasteiger partial charge in [0, 0.05) is 18.8 Å². The summed E-state index contributed by atoms with van der Waals surface area (Å²) in [6.07, 6.45) is 3.50. The molecular formula is C13H21NO. The Morgan fingerprint density at radius 1 is 1.47 bits per heavy atom. The second-order valence-electron chi connectivity index (χ2n) is 4.66. The van der Waals surface area contributed by atoms with Gasteiger partial charge < -0.3 is 9.64 Å². The zero-order valence-electron chi connectivity index (χ0n) is 10.0. The monoisotopic (exact) mass is 207 g/mol. The number of rotatable bonds is 2. The van der Waals surface area contributed by atoms with Crippen LogP contribution in [0.1, 0.15) is 27.2 Å². The minimum atomic E-state index is 0.663. The van der Waals surface area contributed by atoms with Gasteiger partial charge >= 0.3 is 0 Å². The van der Waals surface area contributed by atoms with Gasteiger partial charge in [-0.2, -0.15) is 0 Å². The highest BCUT2D eigenvalue weighted by molar-refractivity contribution is 5.35. The number of likely N-dealkylation sites (N-methyl/N-ethyl adjacent to an activating group) is 1. The van der Waals surface area contributed by atoms with Gasteiger partial charge in [-0.15, -0.1) is 0 Å². The number of hydrogen-bond acceptors (Lipinski definition) is 2. The molecule has 0 bridgehead atoms. The molecule has 0 N–H and O–H groups in total. The van der Waals surface area contributed by atoms with Crippen molar-refractivity contribution in [2.24, 2.45) is 5.92 Å². The Morgan fingerprint density at radius 3 is 2.93 bits per heavy atom. The third-order valence-electron chi connectivity index (χ3n) is 3.36. The van der Waals surface area contributed by atoms with Crippen molar-refractivity contribution >= 4 is 0 Å². The number of hydrogen-bond donors (Lipinski definition) is 0. The van der Waals surface area contributed by atoms with E-state index in [4.69, 9.17) is 4.74 Å². The molecule has 0 fully saturated rings. The Bertz CT molecular complexity index is 302. The average Bonchev–Trinajstić information content (AvgIpc) is 2.27. The summed E-state index contributed by atoms with van der Waals surface area (Å²) in [5, 5.41) is 0. The van der Waals surface area contributed by atoms with Crippen LogP contribution >= 0.6 is 0 Å². The summed E-state index contributed by atoms with van der Waals surface area (Å²) in [6.45, 7) is 10.7. The molecule has 0 saturated carbocycles. The number of nitrogens with zero attached hydrogens (tertiary/aromatic N) is 1. The van der Waals surface area contributed by atoms with Crippen molar-refractivity contribution in [2.75, 3.05) is 26.3 Å². The van der Waals surface area contributed by atoms with Crippen LogP contribution in [0.25, 0.3) is 0 Å². The first-order chi connectivity index (χ1) is 7.22. The zero-order valence-corrected chi connectivity index (χ0v) is 10.0. The SMILES string of the molecule is CCN1CC(C(C)C)=CC2=C1COCC2. The van der Waals surface area contributed by atoms with Crippen LogP contribution in [0.3, 0.4) is 0 Å². The molecule has 0 atom stereocenters. The Hall–Kier alpha value is -0.760. The predicted molar refractivity (Wildman–Crippen MR) is 62.6 cm³/mol. The Morgan fingerprint density at radius 2 is 2.27 bits per heavy atom.